The summed E-state index contributed by atoms with van der Waals surface area (Å²) in [6, 6.07) is 7.98. The third-order valence-electron chi connectivity index (χ3n) is 2.24. The van der Waals surface area contributed by atoms with Gasteiger partial charge in [-0.3, -0.25) is 0 Å². The molecule has 0 saturated heterocycles. The highest BCUT2D eigenvalue weighted by Gasteiger charge is 2.11. The van der Waals surface area contributed by atoms with Crippen LogP contribution in [0.1, 0.15) is 19.9 Å². The van der Waals surface area contributed by atoms with Crippen molar-refractivity contribution in [3.05, 3.63) is 35.6 Å². The van der Waals surface area contributed by atoms with Crippen LogP contribution in [-0.4, -0.2) is 14.8 Å². The van der Waals surface area contributed by atoms with Gasteiger partial charge in [-0.05, 0) is 26.0 Å². The lowest BCUT2D eigenvalue weighted by Crippen LogP contribution is -2.01. The smallest absolute Gasteiger partial charge is 0.165 e. The lowest BCUT2D eigenvalue weighted by Gasteiger charge is -2.10. The number of benzene rings is 1. The van der Waals surface area contributed by atoms with Gasteiger partial charge in [0.15, 0.2) is 5.82 Å². The summed E-state index contributed by atoms with van der Waals surface area (Å²) in [5, 5.41) is 8.71. The van der Waals surface area contributed by atoms with Crippen molar-refractivity contribution in [2.24, 2.45) is 0 Å². The van der Waals surface area contributed by atoms with Crippen LogP contribution in [0.3, 0.4) is 0 Å². The number of halogens is 1. The molecule has 0 unspecified atom stereocenters. The van der Waals surface area contributed by atoms with Crippen molar-refractivity contribution in [1.82, 2.24) is 14.8 Å². The van der Waals surface area contributed by atoms with Crippen LogP contribution in [0, 0.1) is 0 Å². The molecule has 0 aliphatic carbocycles. The Morgan fingerprint density at radius 3 is 2.67 bits per heavy atom. The van der Waals surface area contributed by atoms with Crippen LogP contribution < -0.4 is 0 Å². The van der Waals surface area contributed by atoms with Gasteiger partial charge in [-0.2, -0.15) is 0 Å². The average Bonchev–Trinajstić information content (AvgIpc) is 2.67. The van der Waals surface area contributed by atoms with Gasteiger partial charge < -0.3 is 4.57 Å². The van der Waals surface area contributed by atoms with Gasteiger partial charge in [0.2, 0.25) is 0 Å². The second kappa shape index (κ2) is 4.03. The van der Waals surface area contributed by atoms with E-state index in [2.05, 4.69) is 24.0 Å². The number of aromatic nitrogens is 3. The molecule has 0 atom stereocenters. The van der Waals surface area contributed by atoms with Gasteiger partial charge in [-0.25, -0.2) is 0 Å². The summed E-state index contributed by atoms with van der Waals surface area (Å²) in [5.74, 6) is 0.815. The van der Waals surface area contributed by atoms with E-state index in [4.69, 9.17) is 11.6 Å². The van der Waals surface area contributed by atoms with E-state index in [0.29, 0.717) is 11.1 Å². The van der Waals surface area contributed by atoms with Crippen molar-refractivity contribution in [3.8, 4) is 11.4 Å². The van der Waals surface area contributed by atoms with Gasteiger partial charge in [-0.15, -0.1) is 10.2 Å². The Balaban J connectivity index is 2.55. The zero-order chi connectivity index (χ0) is 10.8. The van der Waals surface area contributed by atoms with Crippen LogP contribution >= 0.6 is 11.6 Å². The van der Waals surface area contributed by atoms with Gasteiger partial charge in [0, 0.05) is 11.6 Å². The Labute approximate surface area is 93.7 Å². The van der Waals surface area contributed by atoms with E-state index < -0.39 is 0 Å². The predicted molar refractivity (Wildman–Crippen MR) is 60.9 cm³/mol. The normalized spacial score (nSPS) is 10.9. The Kier molecular flexibility index (Phi) is 2.73. The fraction of sp³-hybridized carbons (Fsp3) is 0.273. The molecule has 2 rings (SSSR count). The van der Waals surface area contributed by atoms with Crippen LogP contribution in [0.15, 0.2) is 30.6 Å². The summed E-state index contributed by atoms with van der Waals surface area (Å²) in [4.78, 5) is 0. The first-order valence-electron chi connectivity index (χ1n) is 4.84. The number of nitrogens with zero attached hydrogens (tertiary/aromatic N) is 3. The van der Waals surface area contributed by atoms with Crippen LogP contribution in [0.4, 0.5) is 0 Å². The second-order valence-electron chi connectivity index (χ2n) is 3.64. The van der Waals surface area contributed by atoms with Gasteiger partial charge in [0.1, 0.15) is 6.33 Å². The molecule has 0 amide bonds. The molecule has 1 heterocycles. The molecule has 78 valence electrons. The average molecular weight is 222 g/mol. The van der Waals surface area contributed by atoms with E-state index in [1.54, 1.807) is 6.33 Å². The van der Waals surface area contributed by atoms with E-state index in [0.717, 1.165) is 11.4 Å². The highest BCUT2D eigenvalue weighted by Crippen LogP contribution is 2.27. The fourth-order valence-electron chi connectivity index (χ4n) is 1.46. The van der Waals surface area contributed by atoms with E-state index in [-0.39, 0.29) is 0 Å². The van der Waals surface area contributed by atoms with E-state index in [9.17, 15) is 0 Å². The molecular weight excluding hydrogens is 210 g/mol. The van der Waals surface area contributed by atoms with Gasteiger partial charge in [0.05, 0.1) is 5.02 Å². The summed E-state index contributed by atoms with van der Waals surface area (Å²) < 4.78 is 2.00. The fourth-order valence-corrected chi connectivity index (χ4v) is 1.68. The molecule has 0 saturated carbocycles. The first-order valence-corrected chi connectivity index (χ1v) is 5.22. The number of hydrogen-bond donors (Lipinski definition) is 0. The molecule has 1 aromatic heterocycles. The minimum atomic E-state index is 0.325. The van der Waals surface area contributed by atoms with Gasteiger partial charge >= 0.3 is 0 Å². The molecule has 3 nitrogen and oxygen atoms in total. The number of hydrogen-bond acceptors (Lipinski definition) is 2. The third-order valence-corrected chi connectivity index (χ3v) is 2.57. The third kappa shape index (κ3) is 1.88. The SMILES string of the molecule is CC(C)n1cnnc1-c1ccccc1Cl. The van der Waals surface area contributed by atoms with Crippen LogP contribution in [0.5, 0.6) is 0 Å². The molecule has 0 N–H and O–H groups in total. The first kappa shape index (κ1) is 10.2. The maximum atomic E-state index is 6.11. The number of rotatable bonds is 2. The standard InChI is InChI=1S/C11H12ClN3/c1-8(2)15-7-13-14-11(15)9-5-3-4-6-10(9)12/h3-8H,1-2H3. The summed E-state index contributed by atoms with van der Waals surface area (Å²) in [5.41, 5.74) is 0.922. The van der Waals surface area contributed by atoms with Crippen molar-refractivity contribution in [1.29, 1.82) is 0 Å². The molecule has 4 heteroatoms. The quantitative estimate of drug-likeness (QED) is 0.780. The van der Waals surface area contributed by atoms with E-state index in [1.807, 2.05) is 28.8 Å². The lowest BCUT2D eigenvalue weighted by atomic mass is 10.2. The Bertz CT molecular complexity index is 462. The van der Waals surface area contributed by atoms with Crippen LogP contribution in [0.25, 0.3) is 11.4 Å². The van der Waals surface area contributed by atoms with Crippen LogP contribution in [0.2, 0.25) is 5.02 Å². The second-order valence-corrected chi connectivity index (χ2v) is 4.04. The molecule has 15 heavy (non-hydrogen) atoms. The van der Waals surface area contributed by atoms with Crippen molar-refractivity contribution in [2.45, 2.75) is 19.9 Å². The molecule has 0 aliphatic heterocycles. The molecule has 0 bridgehead atoms. The Morgan fingerprint density at radius 2 is 2.00 bits per heavy atom. The summed E-state index contributed by atoms with van der Waals surface area (Å²) in [6.07, 6.45) is 1.73. The molecule has 2 aromatic rings. The molecule has 0 fully saturated rings. The molecule has 1 aromatic carbocycles. The van der Waals surface area contributed by atoms with E-state index >= 15 is 0 Å². The maximum Gasteiger partial charge on any atom is 0.165 e. The predicted octanol–water partition coefficient (Wildman–Crippen LogP) is 3.18. The maximum absolute atomic E-state index is 6.11. The van der Waals surface area contributed by atoms with Crippen molar-refractivity contribution < 1.29 is 0 Å². The van der Waals surface area contributed by atoms with Gasteiger partial charge in [-0.1, -0.05) is 23.7 Å². The summed E-state index contributed by atoms with van der Waals surface area (Å²) >= 11 is 6.11. The van der Waals surface area contributed by atoms with Crippen molar-refractivity contribution in [2.75, 3.05) is 0 Å². The Morgan fingerprint density at radius 1 is 1.27 bits per heavy atom. The highest BCUT2D eigenvalue weighted by atomic mass is 35.5. The molecule has 0 spiro atoms. The summed E-state index contributed by atoms with van der Waals surface area (Å²) in [7, 11) is 0. The Hall–Kier alpha value is -1.35. The minimum absolute atomic E-state index is 0.325. The largest absolute Gasteiger partial charge is 0.311 e. The molecule has 0 radical (unpaired) electrons. The monoisotopic (exact) mass is 221 g/mol. The van der Waals surface area contributed by atoms with Crippen molar-refractivity contribution in [3.63, 3.8) is 0 Å². The van der Waals surface area contributed by atoms with Crippen molar-refractivity contribution >= 4 is 11.6 Å². The zero-order valence-electron chi connectivity index (χ0n) is 8.68. The van der Waals surface area contributed by atoms with Crippen LogP contribution in [-0.2, 0) is 0 Å². The lowest BCUT2D eigenvalue weighted by molar-refractivity contribution is 0.604. The summed E-state index contributed by atoms with van der Waals surface area (Å²) in [6.45, 7) is 4.17. The van der Waals surface area contributed by atoms with Gasteiger partial charge in [0.25, 0.3) is 0 Å². The first-order chi connectivity index (χ1) is 7.20. The minimum Gasteiger partial charge on any atom is -0.311 e. The zero-order valence-corrected chi connectivity index (χ0v) is 9.44. The molecule has 0 aliphatic rings. The van der Waals surface area contributed by atoms with E-state index in [1.165, 1.54) is 0 Å². The molecular formula is C11H12ClN3. The topological polar surface area (TPSA) is 30.7 Å². The highest BCUT2D eigenvalue weighted by molar-refractivity contribution is 6.33.